The zero-order valence-corrected chi connectivity index (χ0v) is 17.0. The van der Waals surface area contributed by atoms with Crippen LogP contribution >= 0.6 is 0 Å². The summed E-state index contributed by atoms with van der Waals surface area (Å²) in [6.07, 6.45) is 3.20. The summed E-state index contributed by atoms with van der Waals surface area (Å²) >= 11 is 0. The van der Waals surface area contributed by atoms with E-state index in [1.165, 1.54) is 22.9 Å². The summed E-state index contributed by atoms with van der Waals surface area (Å²) in [7, 11) is 1.67. The molecule has 0 saturated heterocycles. The molecule has 3 N–H and O–H groups in total. The number of anilines is 1. The van der Waals surface area contributed by atoms with Crippen molar-refractivity contribution in [3.8, 4) is 16.9 Å². The first kappa shape index (κ1) is 20.1. The second-order valence-corrected chi connectivity index (χ2v) is 7.23. The molecule has 0 bridgehead atoms. The molecule has 0 radical (unpaired) electrons. The highest BCUT2D eigenvalue weighted by molar-refractivity contribution is 6.08. The van der Waals surface area contributed by atoms with E-state index < -0.39 is 11.8 Å². The van der Waals surface area contributed by atoms with Crippen LogP contribution in [0.1, 0.15) is 26.4 Å². The fourth-order valence-corrected chi connectivity index (χ4v) is 3.35. The maximum atomic E-state index is 13.3. The Kier molecular flexibility index (Phi) is 5.12. The lowest BCUT2D eigenvalue weighted by atomic mass is 10.1. The number of primary amides is 1. The van der Waals surface area contributed by atoms with Gasteiger partial charge >= 0.3 is 0 Å². The number of aryl methyl sites for hydroxylation is 2. The van der Waals surface area contributed by atoms with E-state index in [9.17, 15) is 14.0 Å². The molecule has 0 aliphatic heterocycles. The van der Waals surface area contributed by atoms with Gasteiger partial charge in [0.25, 0.3) is 11.8 Å². The summed E-state index contributed by atoms with van der Waals surface area (Å²) in [4.78, 5) is 24.6. The van der Waals surface area contributed by atoms with Crippen molar-refractivity contribution in [1.82, 2.24) is 14.3 Å². The number of nitrogens with one attached hydrogen (secondary N) is 1. The molecule has 7 nitrogen and oxygen atoms in total. The minimum Gasteiger partial charge on any atom is -0.364 e. The lowest BCUT2D eigenvalue weighted by Gasteiger charge is -2.04. The maximum Gasteiger partial charge on any atom is 0.265 e. The number of carbonyl (C=O) groups is 2. The minimum absolute atomic E-state index is 0.274. The predicted octanol–water partition coefficient (Wildman–Crippen LogP) is 3.68. The highest BCUT2D eigenvalue weighted by Crippen LogP contribution is 2.26. The van der Waals surface area contributed by atoms with Gasteiger partial charge in [-0.1, -0.05) is 23.8 Å². The second-order valence-electron chi connectivity index (χ2n) is 7.23. The van der Waals surface area contributed by atoms with Gasteiger partial charge < -0.3 is 15.6 Å². The van der Waals surface area contributed by atoms with Crippen LogP contribution in [0.3, 0.4) is 0 Å². The summed E-state index contributed by atoms with van der Waals surface area (Å²) in [5.74, 6) is -1.35. The fraction of sp³-hybridized carbons (Fsp3) is 0.0870. The normalized spacial score (nSPS) is 10.8. The summed E-state index contributed by atoms with van der Waals surface area (Å²) < 4.78 is 16.4. The number of rotatable bonds is 5. The molecule has 2 amide bonds. The average Bonchev–Trinajstić information content (AvgIpc) is 3.32. The van der Waals surface area contributed by atoms with Gasteiger partial charge in [0.05, 0.1) is 16.9 Å². The topological polar surface area (TPSA) is 94.9 Å². The van der Waals surface area contributed by atoms with Crippen molar-refractivity contribution in [3.63, 3.8) is 0 Å². The van der Waals surface area contributed by atoms with Crippen molar-refractivity contribution >= 4 is 17.5 Å². The average molecular weight is 417 g/mol. The molecule has 4 rings (SSSR count). The number of hydrogen-bond donors (Lipinski definition) is 2. The van der Waals surface area contributed by atoms with E-state index in [1.54, 1.807) is 36.1 Å². The van der Waals surface area contributed by atoms with Gasteiger partial charge in [0.2, 0.25) is 0 Å². The summed E-state index contributed by atoms with van der Waals surface area (Å²) in [5, 5.41) is 7.38. The van der Waals surface area contributed by atoms with Crippen molar-refractivity contribution in [2.24, 2.45) is 12.8 Å². The Bertz CT molecular complexity index is 1290. The molecule has 4 aromatic rings. The smallest absolute Gasteiger partial charge is 0.265 e. The van der Waals surface area contributed by atoms with E-state index in [0.717, 1.165) is 11.1 Å². The van der Waals surface area contributed by atoms with E-state index in [1.807, 2.05) is 31.2 Å². The zero-order chi connectivity index (χ0) is 22.1. The lowest BCUT2D eigenvalue weighted by molar-refractivity contribution is 0.0990. The van der Waals surface area contributed by atoms with Crippen LogP contribution < -0.4 is 11.1 Å². The van der Waals surface area contributed by atoms with Crippen LogP contribution in [0.15, 0.2) is 67.0 Å². The Balaban J connectivity index is 1.75. The van der Waals surface area contributed by atoms with E-state index in [-0.39, 0.29) is 11.5 Å². The van der Waals surface area contributed by atoms with Gasteiger partial charge in [-0.05, 0) is 43.3 Å². The van der Waals surface area contributed by atoms with Crippen LogP contribution in [0.25, 0.3) is 16.9 Å². The molecule has 31 heavy (non-hydrogen) atoms. The van der Waals surface area contributed by atoms with Gasteiger partial charge in [-0.2, -0.15) is 5.10 Å². The van der Waals surface area contributed by atoms with Crippen molar-refractivity contribution < 1.29 is 14.0 Å². The third-order valence-electron chi connectivity index (χ3n) is 4.86. The first-order valence-electron chi connectivity index (χ1n) is 9.52. The number of nitrogens with zero attached hydrogens (tertiary/aromatic N) is 3. The Labute approximate surface area is 177 Å². The quantitative estimate of drug-likeness (QED) is 0.519. The van der Waals surface area contributed by atoms with Gasteiger partial charge in [-0.25, -0.2) is 9.07 Å². The SMILES string of the molecule is Cc1cccc(-c2nn(-c3ccc(F)cc3)cc2C(=O)Nc2cc(C(N)=O)n(C)c2)c1. The Morgan fingerprint density at radius 3 is 2.45 bits per heavy atom. The first-order valence-corrected chi connectivity index (χ1v) is 9.52. The van der Waals surface area contributed by atoms with Crippen LogP contribution in [0.2, 0.25) is 0 Å². The van der Waals surface area contributed by atoms with E-state index >= 15 is 0 Å². The number of amides is 2. The highest BCUT2D eigenvalue weighted by atomic mass is 19.1. The van der Waals surface area contributed by atoms with Gasteiger partial charge in [0, 0.05) is 25.0 Å². The predicted molar refractivity (Wildman–Crippen MR) is 116 cm³/mol. The second kappa shape index (κ2) is 7.91. The zero-order valence-electron chi connectivity index (χ0n) is 17.0. The molecule has 0 unspecified atom stereocenters. The Hall–Kier alpha value is -4.20. The molecule has 0 spiro atoms. The third kappa shape index (κ3) is 4.09. The molecule has 0 atom stereocenters. The molecule has 2 aromatic heterocycles. The summed E-state index contributed by atoms with van der Waals surface area (Å²) in [5.41, 5.74) is 9.29. The lowest BCUT2D eigenvalue weighted by Crippen LogP contribution is -2.14. The van der Waals surface area contributed by atoms with E-state index in [0.29, 0.717) is 22.6 Å². The first-order chi connectivity index (χ1) is 14.8. The number of benzene rings is 2. The molecule has 0 aliphatic rings. The van der Waals surface area contributed by atoms with Crippen LogP contribution in [-0.4, -0.2) is 26.2 Å². The third-order valence-corrected chi connectivity index (χ3v) is 4.86. The molecular weight excluding hydrogens is 397 g/mol. The highest BCUT2D eigenvalue weighted by Gasteiger charge is 2.20. The number of nitrogens with two attached hydrogens (primary N) is 1. The van der Waals surface area contributed by atoms with Crippen molar-refractivity contribution in [1.29, 1.82) is 0 Å². The van der Waals surface area contributed by atoms with Crippen molar-refractivity contribution in [3.05, 3.63) is 89.6 Å². The van der Waals surface area contributed by atoms with Crippen molar-refractivity contribution in [2.45, 2.75) is 6.92 Å². The number of carbonyl (C=O) groups excluding carboxylic acids is 2. The monoisotopic (exact) mass is 417 g/mol. The number of hydrogen-bond acceptors (Lipinski definition) is 3. The molecular formula is C23H20FN5O2. The summed E-state index contributed by atoms with van der Waals surface area (Å²) in [6, 6.07) is 15.0. The summed E-state index contributed by atoms with van der Waals surface area (Å²) in [6.45, 7) is 1.95. The number of aromatic nitrogens is 3. The minimum atomic E-state index is -0.590. The van der Waals surface area contributed by atoms with Gasteiger partial charge in [-0.15, -0.1) is 0 Å². The van der Waals surface area contributed by atoms with Gasteiger partial charge in [-0.3, -0.25) is 9.59 Å². The molecule has 8 heteroatoms. The van der Waals surface area contributed by atoms with E-state index in [2.05, 4.69) is 10.4 Å². The Morgan fingerprint density at radius 2 is 1.81 bits per heavy atom. The fourth-order valence-electron chi connectivity index (χ4n) is 3.35. The Morgan fingerprint density at radius 1 is 1.06 bits per heavy atom. The van der Waals surface area contributed by atoms with Crippen molar-refractivity contribution in [2.75, 3.05) is 5.32 Å². The number of halogens is 1. The maximum absolute atomic E-state index is 13.3. The molecule has 2 aromatic carbocycles. The van der Waals surface area contributed by atoms with Gasteiger partial charge in [0.1, 0.15) is 17.2 Å². The van der Waals surface area contributed by atoms with Crippen LogP contribution in [0.5, 0.6) is 0 Å². The van der Waals surface area contributed by atoms with Crippen LogP contribution in [0.4, 0.5) is 10.1 Å². The largest absolute Gasteiger partial charge is 0.364 e. The van der Waals surface area contributed by atoms with E-state index in [4.69, 9.17) is 5.73 Å². The van der Waals surface area contributed by atoms with Gasteiger partial charge in [0.15, 0.2) is 0 Å². The molecule has 0 aliphatic carbocycles. The molecule has 0 saturated carbocycles. The van der Waals surface area contributed by atoms with Crippen LogP contribution in [-0.2, 0) is 7.05 Å². The standard InChI is InChI=1S/C23H20FN5O2/c1-14-4-3-5-15(10-14)21-19(13-29(27-21)18-8-6-16(24)7-9-18)23(31)26-17-11-20(22(25)30)28(2)12-17/h3-13H,1-2H3,(H2,25,30)(H,26,31). The molecule has 0 fully saturated rings. The molecule has 156 valence electrons. The molecule has 2 heterocycles. The van der Waals surface area contributed by atoms with Crippen LogP contribution in [0, 0.1) is 12.7 Å².